The molecule has 0 aliphatic carbocycles. The highest BCUT2D eigenvalue weighted by Gasteiger charge is 2.27. The monoisotopic (exact) mass is 436 g/mol. The Morgan fingerprint density at radius 2 is 1.53 bits per heavy atom. The predicted molar refractivity (Wildman–Crippen MR) is 112 cm³/mol. The molecular weight excluding hydrogens is 412 g/mol. The lowest BCUT2D eigenvalue weighted by Gasteiger charge is -2.14. The molecule has 9 nitrogen and oxygen atoms in total. The molecule has 0 radical (unpaired) electrons. The first kappa shape index (κ1) is 23.0. The van der Waals surface area contributed by atoms with E-state index in [-0.39, 0.29) is 22.0 Å². The molecule has 2 rings (SSSR count). The van der Waals surface area contributed by atoms with E-state index in [4.69, 9.17) is 18.9 Å². The smallest absolute Gasteiger partial charge is 0.341 e. The fraction of sp³-hybridized carbons (Fsp3) is 0.350. The molecule has 0 aliphatic rings. The first-order valence-electron chi connectivity index (χ1n) is 8.74. The van der Waals surface area contributed by atoms with Crippen molar-refractivity contribution in [2.45, 2.75) is 6.92 Å². The van der Waals surface area contributed by atoms with Crippen molar-refractivity contribution in [3.05, 3.63) is 33.7 Å². The van der Waals surface area contributed by atoms with Gasteiger partial charge in [0, 0.05) is 19.7 Å². The number of ether oxygens (including phenoxy) is 4. The first-order chi connectivity index (χ1) is 14.2. The van der Waals surface area contributed by atoms with E-state index in [2.05, 4.69) is 5.32 Å². The standard InChI is InChI=1S/C20H24N2O7S/c1-10-14(20(25)29-7)18(30-16(10)19(24)22(2)3)21-17(23)11-8-12(26-4)15(28-6)13(9-11)27-5/h8-9H,1-7H3,(H,21,23). The number of amides is 2. The highest BCUT2D eigenvalue weighted by atomic mass is 32.1. The third kappa shape index (κ3) is 4.33. The van der Waals surface area contributed by atoms with E-state index in [9.17, 15) is 14.4 Å². The zero-order valence-electron chi connectivity index (χ0n) is 17.9. The molecule has 1 heterocycles. The predicted octanol–water partition coefficient (Wildman–Crippen LogP) is 2.82. The van der Waals surface area contributed by atoms with Gasteiger partial charge in [0.15, 0.2) is 11.5 Å². The van der Waals surface area contributed by atoms with E-state index < -0.39 is 11.9 Å². The highest BCUT2D eigenvalue weighted by molar-refractivity contribution is 7.18. The second-order valence-electron chi connectivity index (χ2n) is 6.32. The van der Waals surface area contributed by atoms with Crippen LogP contribution in [0, 0.1) is 6.92 Å². The largest absolute Gasteiger partial charge is 0.493 e. The van der Waals surface area contributed by atoms with Crippen molar-refractivity contribution < 1.29 is 33.3 Å². The number of nitrogens with zero attached hydrogens (tertiary/aromatic N) is 1. The molecule has 0 aliphatic heterocycles. The van der Waals surface area contributed by atoms with Crippen molar-refractivity contribution in [2.75, 3.05) is 47.9 Å². The maximum absolute atomic E-state index is 12.9. The average molecular weight is 436 g/mol. The van der Waals surface area contributed by atoms with Crippen LogP contribution in [0.4, 0.5) is 5.00 Å². The maximum atomic E-state index is 12.9. The third-order valence-electron chi connectivity index (χ3n) is 4.29. The van der Waals surface area contributed by atoms with Crippen LogP contribution in [0.1, 0.15) is 36.0 Å². The Morgan fingerprint density at radius 1 is 0.967 bits per heavy atom. The van der Waals surface area contributed by atoms with Crippen LogP contribution in [0.2, 0.25) is 0 Å². The Kier molecular flexibility index (Phi) is 7.28. The minimum Gasteiger partial charge on any atom is -0.493 e. The molecule has 1 aromatic heterocycles. The summed E-state index contributed by atoms with van der Waals surface area (Å²) in [7, 11) is 8.78. The molecule has 30 heavy (non-hydrogen) atoms. The molecule has 0 spiro atoms. The van der Waals surface area contributed by atoms with Gasteiger partial charge >= 0.3 is 5.97 Å². The Balaban J connectivity index is 2.52. The van der Waals surface area contributed by atoms with Crippen molar-refractivity contribution in [2.24, 2.45) is 0 Å². The molecule has 1 N–H and O–H groups in total. The van der Waals surface area contributed by atoms with Crippen molar-refractivity contribution in [1.29, 1.82) is 0 Å². The van der Waals surface area contributed by atoms with E-state index in [0.29, 0.717) is 27.7 Å². The number of esters is 1. The fourth-order valence-corrected chi connectivity index (χ4v) is 3.96. The van der Waals surface area contributed by atoms with Gasteiger partial charge in [-0.15, -0.1) is 11.3 Å². The fourth-order valence-electron chi connectivity index (χ4n) is 2.74. The summed E-state index contributed by atoms with van der Waals surface area (Å²) in [6, 6.07) is 2.97. The summed E-state index contributed by atoms with van der Waals surface area (Å²) >= 11 is 1.01. The van der Waals surface area contributed by atoms with Crippen LogP contribution in [0.3, 0.4) is 0 Å². The summed E-state index contributed by atoms with van der Waals surface area (Å²) < 4.78 is 20.6. The van der Waals surface area contributed by atoms with E-state index >= 15 is 0 Å². The summed E-state index contributed by atoms with van der Waals surface area (Å²) in [6.45, 7) is 1.63. The number of rotatable bonds is 7. The number of anilines is 1. The van der Waals surface area contributed by atoms with Gasteiger partial charge in [-0.3, -0.25) is 9.59 Å². The van der Waals surface area contributed by atoms with Crippen LogP contribution in [0.5, 0.6) is 17.2 Å². The number of hydrogen-bond donors (Lipinski definition) is 1. The van der Waals surface area contributed by atoms with Gasteiger partial charge in [-0.1, -0.05) is 0 Å². The minimum atomic E-state index is -0.651. The van der Waals surface area contributed by atoms with E-state index in [0.717, 1.165) is 11.3 Å². The van der Waals surface area contributed by atoms with Gasteiger partial charge in [-0.25, -0.2) is 4.79 Å². The molecule has 0 saturated carbocycles. The van der Waals surface area contributed by atoms with Gasteiger partial charge in [0.2, 0.25) is 5.75 Å². The van der Waals surface area contributed by atoms with Crippen molar-refractivity contribution in [3.8, 4) is 17.2 Å². The van der Waals surface area contributed by atoms with Crippen LogP contribution in [-0.2, 0) is 4.74 Å². The summed E-state index contributed by atoms with van der Waals surface area (Å²) in [6.07, 6.45) is 0. The molecule has 10 heteroatoms. The number of methoxy groups -OCH3 is 4. The van der Waals surface area contributed by atoms with Crippen LogP contribution >= 0.6 is 11.3 Å². The summed E-state index contributed by atoms with van der Waals surface area (Å²) in [5, 5.41) is 2.90. The Hall–Kier alpha value is -3.27. The molecule has 0 saturated heterocycles. The van der Waals surface area contributed by atoms with Crippen molar-refractivity contribution >= 4 is 34.1 Å². The number of carbonyl (C=O) groups is 3. The summed E-state index contributed by atoms with van der Waals surface area (Å²) in [5.74, 6) is -0.498. The average Bonchev–Trinajstić information content (AvgIpc) is 3.06. The Labute approximate surface area is 178 Å². The third-order valence-corrected chi connectivity index (χ3v) is 5.49. The number of benzene rings is 1. The van der Waals surface area contributed by atoms with Crippen LogP contribution in [-0.4, -0.2) is 65.2 Å². The van der Waals surface area contributed by atoms with Gasteiger partial charge < -0.3 is 29.2 Å². The normalized spacial score (nSPS) is 10.2. The molecule has 0 fully saturated rings. The molecule has 0 unspecified atom stereocenters. The van der Waals surface area contributed by atoms with Gasteiger partial charge in [0.25, 0.3) is 11.8 Å². The molecule has 1 aromatic carbocycles. The van der Waals surface area contributed by atoms with E-state index in [1.165, 1.54) is 45.5 Å². The second kappa shape index (κ2) is 9.49. The SMILES string of the molecule is COC(=O)c1c(NC(=O)c2cc(OC)c(OC)c(OC)c2)sc(C(=O)N(C)C)c1C. The lowest BCUT2D eigenvalue weighted by Crippen LogP contribution is -2.21. The van der Waals surface area contributed by atoms with Crippen LogP contribution in [0.15, 0.2) is 12.1 Å². The molecule has 0 bridgehead atoms. The van der Waals surface area contributed by atoms with Crippen LogP contribution < -0.4 is 19.5 Å². The second-order valence-corrected chi connectivity index (χ2v) is 7.34. The highest BCUT2D eigenvalue weighted by Crippen LogP contribution is 2.39. The number of thiophene rings is 1. The molecule has 162 valence electrons. The molecule has 0 atom stereocenters. The Morgan fingerprint density at radius 3 is 1.97 bits per heavy atom. The van der Waals surface area contributed by atoms with E-state index in [1.807, 2.05) is 0 Å². The van der Waals surface area contributed by atoms with Gasteiger partial charge in [0.05, 0.1) is 38.9 Å². The van der Waals surface area contributed by atoms with Gasteiger partial charge in [-0.05, 0) is 24.6 Å². The zero-order valence-corrected chi connectivity index (χ0v) is 18.7. The lowest BCUT2D eigenvalue weighted by molar-refractivity contribution is 0.0601. The molecule has 2 amide bonds. The zero-order chi connectivity index (χ0) is 22.6. The lowest BCUT2D eigenvalue weighted by atomic mass is 10.1. The number of carbonyl (C=O) groups excluding carboxylic acids is 3. The van der Waals surface area contributed by atoms with Gasteiger partial charge in [-0.2, -0.15) is 0 Å². The molecule has 2 aromatic rings. The van der Waals surface area contributed by atoms with Gasteiger partial charge in [0.1, 0.15) is 5.00 Å². The van der Waals surface area contributed by atoms with Crippen LogP contribution in [0.25, 0.3) is 0 Å². The number of nitrogens with one attached hydrogen (secondary N) is 1. The van der Waals surface area contributed by atoms with E-state index in [1.54, 1.807) is 21.0 Å². The van der Waals surface area contributed by atoms with Crippen molar-refractivity contribution in [3.63, 3.8) is 0 Å². The topological polar surface area (TPSA) is 103 Å². The van der Waals surface area contributed by atoms with Crippen molar-refractivity contribution in [1.82, 2.24) is 4.90 Å². The Bertz CT molecular complexity index is 957. The maximum Gasteiger partial charge on any atom is 0.341 e. The minimum absolute atomic E-state index is 0.133. The number of hydrogen-bond acceptors (Lipinski definition) is 8. The summed E-state index contributed by atoms with van der Waals surface area (Å²) in [4.78, 5) is 39.4. The molecular formula is C20H24N2O7S. The quantitative estimate of drug-likeness (QED) is 0.666. The summed E-state index contributed by atoms with van der Waals surface area (Å²) in [5.41, 5.74) is 0.783. The first-order valence-corrected chi connectivity index (χ1v) is 9.56.